The Morgan fingerprint density at radius 1 is 1.62 bits per heavy atom. The monoisotopic (exact) mass is 239 g/mol. The largest absolute Gasteiger partial charge is 0.507 e. The lowest BCUT2D eigenvalue weighted by Gasteiger charge is -2.02. The second kappa shape index (κ2) is 3.58. The maximum atomic E-state index is 11.0. The third-order valence-electron chi connectivity index (χ3n) is 1.59. The molecule has 0 amide bonds. The summed E-state index contributed by atoms with van der Waals surface area (Å²) in [6, 6.07) is 4.55. The van der Waals surface area contributed by atoms with E-state index in [1.54, 1.807) is 0 Å². The van der Waals surface area contributed by atoms with E-state index in [1.165, 1.54) is 19.1 Å². The summed E-state index contributed by atoms with van der Waals surface area (Å²) in [5.74, 6) is -0.237. The number of nitrogens with zero attached hydrogens (tertiary/aromatic N) is 1. The van der Waals surface area contributed by atoms with Crippen LogP contribution in [0.3, 0.4) is 0 Å². The van der Waals surface area contributed by atoms with E-state index in [0.717, 1.165) is 0 Å². The summed E-state index contributed by atoms with van der Waals surface area (Å²) in [5.41, 5.74) is 0.500. The van der Waals surface area contributed by atoms with Crippen LogP contribution in [0.2, 0.25) is 0 Å². The van der Waals surface area contributed by atoms with Crippen molar-refractivity contribution in [3.05, 3.63) is 27.7 Å². The number of halogens is 1. The molecule has 1 aromatic carbocycles. The minimum atomic E-state index is -0.197. The highest BCUT2D eigenvalue weighted by atomic mass is 79.9. The molecular weight excluding hydrogens is 234 g/mol. The molecule has 1 rings (SSSR count). The summed E-state index contributed by atoms with van der Waals surface area (Å²) in [5, 5.41) is 17.9. The number of hydrogen-bond acceptors (Lipinski definition) is 3. The fourth-order valence-corrected chi connectivity index (χ4v) is 1.29. The van der Waals surface area contributed by atoms with E-state index < -0.39 is 0 Å². The van der Waals surface area contributed by atoms with Crippen molar-refractivity contribution < 1.29 is 9.90 Å². The van der Waals surface area contributed by atoms with E-state index in [2.05, 4.69) is 15.9 Å². The SMILES string of the molecule is CC(=O)c1cc(Br)c(O)cc1C#N. The van der Waals surface area contributed by atoms with Crippen LogP contribution in [0.25, 0.3) is 0 Å². The first kappa shape index (κ1) is 9.75. The molecule has 0 aliphatic heterocycles. The first-order valence-electron chi connectivity index (χ1n) is 3.50. The fourth-order valence-electron chi connectivity index (χ4n) is 0.946. The van der Waals surface area contributed by atoms with Crippen LogP contribution in [-0.4, -0.2) is 10.9 Å². The summed E-state index contributed by atoms with van der Waals surface area (Å²) >= 11 is 3.07. The normalized spacial score (nSPS) is 9.31. The zero-order chi connectivity index (χ0) is 10.0. The Hall–Kier alpha value is -1.34. The summed E-state index contributed by atoms with van der Waals surface area (Å²) in [4.78, 5) is 11.0. The van der Waals surface area contributed by atoms with Gasteiger partial charge in [-0.25, -0.2) is 0 Å². The number of carbonyl (C=O) groups is 1. The van der Waals surface area contributed by atoms with Crippen molar-refractivity contribution in [3.8, 4) is 11.8 Å². The van der Waals surface area contributed by atoms with Gasteiger partial charge >= 0.3 is 0 Å². The van der Waals surface area contributed by atoms with Crippen LogP contribution in [0.4, 0.5) is 0 Å². The molecule has 1 N–H and O–H groups in total. The molecule has 0 saturated carbocycles. The lowest BCUT2D eigenvalue weighted by atomic mass is 10.1. The molecule has 0 aliphatic carbocycles. The summed E-state index contributed by atoms with van der Waals surface area (Å²) < 4.78 is 0.414. The molecule has 0 fully saturated rings. The van der Waals surface area contributed by atoms with Crippen LogP contribution in [0, 0.1) is 11.3 Å². The molecule has 3 nitrogen and oxygen atoms in total. The zero-order valence-corrected chi connectivity index (χ0v) is 8.42. The second-order valence-electron chi connectivity index (χ2n) is 2.52. The highest BCUT2D eigenvalue weighted by molar-refractivity contribution is 9.10. The van der Waals surface area contributed by atoms with Crippen molar-refractivity contribution in [2.75, 3.05) is 0 Å². The molecule has 66 valence electrons. The fraction of sp³-hybridized carbons (Fsp3) is 0.111. The Morgan fingerprint density at radius 3 is 2.69 bits per heavy atom. The number of hydrogen-bond donors (Lipinski definition) is 1. The van der Waals surface area contributed by atoms with Gasteiger partial charge in [0.05, 0.1) is 10.0 Å². The molecule has 0 bridgehead atoms. The number of phenolic OH excluding ortho intramolecular Hbond substituents is 1. The standard InChI is InChI=1S/C9H6BrNO2/c1-5(12)7-3-8(10)9(13)2-6(7)4-11/h2-3,13H,1H3. The molecule has 0 radical (unpaired) electrons. The first-order valence-corrected chi connectivity index (χ1v) is 4.29. The van der Waals surface area contributed by atoms with Gasteiger partial charge in [-0.3, -0.25) is 4.79 Å². The number of benzene rings is 1. The molecule has 0 aliphatic rings. The molecule has 0 heterocycles. The summed E-state index contributed by atoms with van der Waals surface area (Å²) in [6.07, 6.45) is 0. The lowest BCUT2D eigenvalue weighted by Crippen LogP contribution is -1.96. The van der Waals surface area contributed by atoms with E-state index in [0.29, 0.717) is 10.0 Å². The van der Waals surface area contributed by atoms with E-state index in [4.69, 9.17) is 5.26 Å². The molecular formula is C9H6BrNO2. The van der Waals surface area contributed by atoms with Gasteiger partial charge in [-0.05, 0) is 35.0 Å². The van der Waals surface area contributed by atoms with Gasteiger partial charge in [0.2, 0.25) is 0 Å². The van der Waals surface area contributed by atoms with Crippen LogP contribution in [0.5, 0.6) is 5.75 Å². The topological polar surface area (TPSA) is 61.1 Å². The molecule has 0 atom stereocenters. The molecule has 0 unspecified atom stereocenters. The van der Waals surface area contributed by atoms with Crippen molar-refractivity contribution >= 4 is 21.7 Å². The highest BCUT2D eigenvalue weighted by Crippen LogP contribution is 2.27. The zero-order valence-electron chi connectivity index (χ0n) is 6.84. The van der Waals surface area contributed by atoms with Crippen LogP contribution in [0.15, 0.2) is 16.6 Å². The van der Waals surface area contributed by atoms with Crippen LogP contribution >= 0.6 is 15.9 Å². The highest BCUT2D eigenvalue weighted by Gasteiger charge is 2.10. The van der Waals surface area contributed by atoms with E-state index >= 15 is 0 Å². The number of Topliss-reactive ketones (excluding diaryl/α,β-unsaturated/α-hetero) is 1. The minimum absolute atomic E-state index is 0.0402. The first-order chi connectivity index (χ1) is 6.06. The molecule has 1 aromatic rings. The van der Waals surface area contributed by atoms with Crippen LogP contribution in [-0.2, 0) is 0 Å². The maximum absolute atomic E-state index is 11.0. The number of phenols is 1. The summed E-state index contributed by atoms with van der Waals surface area (Å²) in [7, 11) is 0. The Morgan fingerprint density at radius 2 is 2.23 bits per heavy atom. The molecule has 0 spiro atoms. The van der Waals surface area contributed by atoms with Gasteiger partial charge < -0.3 is 5.11 Å². The number of ketones is 1. The average Bonchev–Trinajstić information content (AvgIpc) is 2.08. The predicted molar refractivity (Wildman–Crippen MR) is 50.5 cm³/mol. The number of rotatable bonds is 1. The lowest BCUT2D eigenvalue weighted by molar-refractivity contribution is 0.101. The third kappa shape index (κ3) is 1.87. The number of carbonyl (C=O) groups excluding carboxylic acids is 1. The van der Waals surface area contributed by atoms with Gasteiger partial charge in [-0.1, -0.05) is 0 Å². The smallest absolute Gasteiger partial charge is 0.161 e. The Kier molecular flexibility index (Phi) is 2.69. The second-order valence-corrected chi connectivity index (χ2v) is 3.37. The van der Waals surface area contributed by atoms with Crippen molar-refractivity contribution in [2.45, 2.75) is 6.92 Å². The number of nitriles is 1. The third-order valence-corrected chi connectivity index (χ3v) is 2.22. The Bertz CT molecular complexity index is 407. The van der Waals surface area contributed by atoms with Crippen molar-refractivity contribution in [1.29, 1.82) is 5.26 Å². The molecule has 13 heavy (non-hydrogen) atoms. The Balaban J connectivity index is 3.44. The van der Waals surface area contributed by atoms with E-state index in [-0.39, 0.29) is 17.1 Å². The number of aromatic hydroxyl groups is 1. The van der Waals surface area contributed by atoms with Gasteiger partial charge in [0.15, 0.2) is 5.78 Å². The van der Waals surface area contributed by atoms with Crippen LogP contribution in [0.1, 0.15) is 22.8 Å². The van der Waals surface area contributed by atoms with Gasteiger partial charge in [0.25, 0.3) is 0 Å². The van der Waals surface area contributed by atoms with Gasteiger partial charge in [-0.2, -0.15) is 5.26 Å². The van der Waals surface area contributed by atoms with Gasteiger partial charge in [0.1, 0.15) is 11.8 Å². The van der Waals surface area contributed by atoms with Crippen LogP contribution < -0.4 is 0 Å². The molecule has 0 saturated heterocycles. The Labute approximate surface area is 83.7 Å². The van der Waals surface area contributed by atoms with Crippen molar-refractivity contribution in [3.63, 3.8) is 0 Å². The van der Waals surface area contributed by atoms with Gasteiger partial charge in [-0.15, -0.1) is 0 Å². The minimum Gasteiger partial charge on any atom is -0.507 e. The van der Waals surface area contributed by atoms with Crippen molar-refractivity contribution in [1.82, 2.24) is 0 Å². The average molecular weight is 240 g/mol. The predicted octanol–water partition coefficient (Wildman–Crippen LogP) is 2.23. The molecule has 0 aromatic heterocycles. The molecule has 4 heteroatoms. The maximum Gasteiger partial charge on any atom is 0.161 e. The van der Waals surface area contributed by atoms with E-state index in [1.807, 2.05) is 6.07 Å². The van der Waals surface area contributed by atoms with Gasteiger partial charge in [0, 0.05) is 5.56 Å². The van der Waals surface area contributed by atoms with E-state index in [9.17, 15) is 9.90 Å². The quantitative estimate of drug-likeness (QED) is 0.765. The summed E-state index contributed by atoms with van der Waals surface area (Å²) in [6.45, 7) is 1.37. The van der Waals surface area contributed by atoms with Crippen molar-refractivity contribution in [2.24, 2.45) is 0 Å².